The summed E-state index contributed by atoms with van der Waals surface area (Å²) in [5.74, 6) is -0.301. The van der Waals surface area contributed by atoms with Gasteiger partial charge in [0.15, 0.2) is 0 Å². The zero-order valence-corrected chi connectivity index (χ0v) is 16.7. The molecule has 0 amide bonds. The minimum absolute atomic E-state index is 0.301. The van der Waals surface area contributed by atoms with Crippen LogP contribution in [-0.4, -0.2) is 24.3 Å². The number of nitrogens with zero attached hydrogens (tertiary/aromatic N) is 1. The summed E-state index contributed by atoms with van der Waals surface area (Å²) < 4.78 is 41.6. The molecule has 0 saturated heterocycles. The van der Waals surface area contributed by atoms with Crippen LogP contribution in [0.25, 0.3) is 10.9 Å². The first-order valence-electron chi connectivity index (χ1n) is 8.35. The van der Waals surface area contributed by atoms with E-state index in [1.54, 1.807) is 23.6 Å². The predicted octanol–water partition coefficient (Wildman–Crippen LogP) is 4.86. The third-order valence-electron chi connectivity index (χ3n) is 4.36. The number of benzene rings is 1. The fourth-order valence-electron chi connectivity index (χ4n) is 3.00. The first kappa shape index (κ1) is 18.4. The van der Waals surface area contributed by atoms with E-state index in [0.29, 0.717) is 23.7 Å². The molecule has 0 unspecified atom stereocenters. The third-order valence-corrected chi connectivity index (χ3v) is 8.44. The molecular formula is C19H17FN2O2S3. The van der Waals surface area contributed by atoms with Crippen LogP contribution in [0.1, 0.15) is 10.4 Å². The second-order valence-corrected chi connectivity index (χ2v) is 10.2. The number of aromatic amines is 1. The Bertz CT molecular complexity index is 1130. The molecule has 0 spiro atoms. The molecule has 0 atom stereocenters. The summed E-state index contributed by atoms with van der Waals surface area (Å²) >= 11 is 2.75. The number of aromatic nitrogens is 1. The number of fused-ring (bicyclic) bond motifs is 1. The van der Waals surface area contributed by atoms with Gasteiger partial charge in [-0.05, 0) is 53.1 Å². The molecule has 3 heterocycles. The van der Waals surface area contributed by atoms with Gasteiger partial charge in [-0.3, -0.25) is 0 Å². The van der Waals surface area contributed by atoms with Gasteiger partial charge in [0.2, 0.25) is 0 Å². The third kappa shape index (κ3) is 3.84. The molecule has 0 bridgehead atoms. The van der Waals surface area contributed by atoms with Gasteiger partial charge in [0.05, 0.1) is 0 Å². The van der Waals surface area contributed by atoms with Gasteiger partial charge < -0.3 is 4.98 Å². The minimum atomic E-state index is -3.57. The van der Waals surface area contributed by atoms with Gasteiger partial charge in [0, 0.05) is 35.1 Å². The molecule has 0 saturated carbocycles. The summed E-state index contributed by atoms with van der Waals surface area (Å²) in [6.45, 7) is 0.649. The average molecular weight is 421 g/mol. The van der Waals surface area contributed by atoms with E-state index < -0.39 is 10.0 Å². The molecule has 0 aliphatic heterocycles. The van der Waals surface area contributed by atoms with Gasteiger partial charge in [-0.15, -0.1) is 22.7 Å². The smallest absolute Gasteiger partial charge is 0.252 e. The number of nitrogens with one attached hydrogen (secondary N) is 1. The molecule has 4 nitrogen and oxygen atoms in total. The SMILES string of the molecule is O=S(=O)(c1cccs1)N(CCc1c[nH]c2ccc(F)cc12)Cc1cccs1. The lowest BCUT2D eigenvalue weighted by Crippen LogP contribution is -2.31. The van der Waals surface area contributed by atoms with Gasteiger partial charge in [-0.1, -0.05) is 12.1 Å². The zero-order valence-electron chi connectivity index (χ0n) is 14.3. The van der Waals surface area contributed by atoms with Crippen molar-refractivity contribution in [3.63, 3.8) is 0 Å². The first-order chi connectivity index (χ1) is 13.0. The van der Waals surface area contributed by atoms with Crippen LogP contribution < -0.4 is 0 Å². The van der Waals surface area contributed by atoms with E-state index >= 15 is 0 Å². The van der Waals surface area contributed by atoms with Crippen molar-refractivity contribution >= 4 is 43.6 Å². The second-order valence-electron chi connectivity index (χ2n) is 6.10. The normalized spacial score (nSPS) is 12.2. The highest BCUT2D eigenvalue weighted by molar-refractivity contribution is 7.91. The van der Waals surface area contributed by atoms with Crippen molar-refractivity contribution in [2.75, 3.05) is 6.54 Å². The maximum atomic E-state index is 13.6. The van der Waals surface area contributed by atoms with Crippen molar-refractivity contribution in [2.24, 2.45) is 0 Å². The second kappa shape index (κ2) is 7.55. The van der Waals surface area contributed by atoms with E-state index in [9.17, 15) is 12.8 Å². The molecule has 0 fully saturated rings. The van der Waals surface area contributed by atoms with Gasteiger partial charge >= 0.3 is 0 Å². The molecule has 1 aromatic carbocycles. The van der Waals surface area contributed by atoms with E-state index in [-0.39, 0.29) is 5.82 Å². The highest BCUT2D eigenvalue weighted by Gasteiger charge is 2.26. The van der Waals surface area contributed by atoms with Crippen molar-refractivity contribution in [2.45, 2.75) is 17.2 Å². The fourth-order valence-corrected chi connectivity index (χ4v) is 6.37. The molecule has 0 aliphatic carbocycles. The lowest BCUT2D eigenvalue weighted by molar-refractivity contribution is 0.414. The summed E-state index contributed by atoms with van der Waals surface area (Å²) in [7, 11) is -3.57. The lowest BCUT2D eigenvalue weighted by Gasteiger charge is -2.20. The van der Waals surface area contributed by atoms with Crippen LogP contribution in [0.3, 0.4) is 0 Å². The monoisotopic (exact) mass is 420 g/mol. The molecule has 4 aromatic rings. The van der Waals surface area contributed by atoms with Crippen LogP contribution in [0.4, 0.5) is 4.39 Å². The van der Waals surface area contributed by atoms with Gasteiger partial charge in [-0.25, -0.2) is 12.8 Å². The highest BCUT2D eigenvalue weighted by atomic mass is 32.2. The van der Waals surface area contributed by atoms with Crippen LogP contribution >= 0.6 is 22.7 Å². The van der Waals surface area contributed by atoms with Gasteiger partial charge in [-0.2, -0.15) is 4.31 Å². The molecule has 140 valence electrons. The van der Waals surface area contributed by atoms with Crippen LogP contribution in [0, 0.1) is 5.82 Å². The Morgan fingerprint density at radius 2 is 1.89 bits per heavy atom. The van der Waals surface area contributed by atoms with Crippen molar-refractivity contribution in [3.05, 3.63) is 75.7 Å². The van der Waals surface area contributed by atoms with Gasteiger partial charge in [0.25, 0.3) is 10.0 Å². The molecule has 0 aliphatic rings. The summed E-state index contributed by atoms with van der Waals surface area (Å²) in [4.78, 5) is 4.11. The number of thiophene rings is 2. The number of hydrogen-bond donors (Lipinski definition) is 1. The van der Waals surface area contributed by atoms with Crippen LogP contribution in [0.5, 0.6) is 0 Å². The standard InChI is InChI=1S/C19H17FN2O2S3/c20-15-5-6-18-17(11-15)14(12-21-18)7-8-22(13-16-3-1-9-25-16)27(23,24)19-4-2-10-26-19/h1-6,9-12,21H,7-8,13H2. The first-order valence-corrected chi connectivity index (χ1v) is 11.6. The molecule has 4 rings (SSSR count). The largest absolute Gasteiger partial charge is 0.361 e. The molecule has 27 heavy (non-hydrogen) atoms. The van der Waals surface area contributed by atoms with E-state index in [1.165, 1.54) is 39.1 Å². The Morgan fingerprint density at radius 1 is 1.07 bits per heavy atom. The van der Waals surface area contributed by atoms with Crippen molar-refractivity contribution < 1.29 is 12.8 Å². The number of rotatable bonds is 7. The van der Waals surface area contributed by atoms with E-state index in [1.807, 2.05) is 23.7 Å². The quantitative estimate of drug-likeness (QED) is 0.464. The summed E-state index contributed by atoms with van der Waals surface area (Å²) in [6, 6.07) is 11.8. The summed E-state index contributed by atoms with van der Waals surface area (Å²) in [5, 5.41) is 4.49. The Hall–Kier alpha value is -2.00. The maximum Gasteiger partial charge on any atom is 0.252 e. The summed E-state index contributed by atoms with van der Waals surface area (Å²) in [5.41, 5.74) is 1.75. The molecule has 0 radical (unpaired) electrons. The van der Waals surface area contributed by atoms with Crippen LogP contribution in [-0.2, 0) is 23.0 Å². The Morgan fingerprint density at radius 3 is 2.63 bits per heavy atom. The predicted molar refractivity (Wildman–Crippen MR) is 108 cm³/mol. The van der Waals surface area contributed by atoms with Crippen molar-refractivity contribution in [3.8, 4) is 0 Å². The Labute approximate surface area is 164 Å². The van der Waals surface area contributed by atoms with Gasteiger partial charge in [0.1, 0.15) is 10.0 Å². The van der Waals surface area contributed by atoms with Crippen molar-refractivity contribution in [1.82, 2.24) is 9.29 Å². The Balaban J connectivity index is 1.61. The zero-order chi connectivity index (χ0) is 18.9. The minimum Gasteiger partial charge on any atom is -0.361 e. The maximum absolute atomic E-state index is 13.6. The topological polar surface area (TPSA) is 53.2 Å². The lowest BCUT2D eigenvalue weighted by atomic mass is 10.1. The highest BCUT2D eigenvalue weighted by Crippen LogP contribution is 2.26. The molecule has 1 N–H and O–H groups in total. The summed E-state index contributed by atoms with van der Waals surface area (Å²) in [6.07, 6.45) is 2.32. The number of sulfonamides is 1. The molecule has 3 aromatic heterocycles. The number of H-pyrrole nitrogens is 1. The van der Waals surface area contributed by atoms with E-state index in [0.717, 1.165) is 21.3 Å². The number of halogens is 1. The Kier molecular flexibility index (Phi) is 5.14. The number of hydrogen-bond acceptors (Lipinski definition) is 4. The van der Waals surface area contributed by atoms with E-state index in [4.69, 9.17) is 0 Å². The van der Waals surface area contributed by atoms with Crippen LogP contribution in [0.2, 0.25) is 0 Å². The van der Waals surface area contributed by atoms with E-state index in [2.05, 4.69) is 4.98 Å². The molecule has 8 heteroatoms. The van der Waals surface area contributed by atoms with Crippen LogP contribution in [0.15, 0.2) is 63.6 Å². The average Bonchev–Trinajstić information content (AvgIpc) is 3.40. The van der Waals surface area contributed by atoms with Crippen molar-refractivity contribution in [1.29, 1.82) is 0 Å². The molecular weight excluding hydrogens is 403 g/mol. The fraction of sp³-hybridized carbons (Fsp3) is 0.158.